The van der Waals surface area contributed by atoms with Crippen molar-refractivity contribution in [2.24, 2.45) is 5.92 Å². The molecule has 5 nitrogen and oxygen atoms in total. The molecule has 1 fully saturated rings. The molecule has 2 amide bonds. The second-order valence-corrected chi connectivity index (χ2v) is 7.74. The lowest BCUT2D eigenvalue weighted by molar-refractivity contribution is 0.135. The van der Waals surface area contributed by atoms with Gasteiger partial charge in [0.2, 0.25) is 0 Å². The molecule has 1 aromatic carbocycles. The number of hydrogen-bond donors (Lipinski definition) is 1. The molecule has 0 bridgehead atoms. The number of nitrogens with zero attached hydrogens (tertiary/aromatic N) is 2. The molecule has 146 valence electrons. The van der Waals surface area contributed by atoms with Gasteiger partial charge < -0.3 is 15.0 Å². The van der Waals surface area contributed by atoms with Gasteiger partial charge >= 0.3 is 6.03 Å². The number of amides is 2. The van der Waals surface area contributed by atoms with Gasteiger partial charge in [0, 0.05) is 44.3 Å². The Labute approximate surface area is 170 Å². The van der Waals surface area contributed by atoms with Gasteiger partial charge in [-0.2, -0.15) is 0 Å². The van der Waals surface area contributed by atoms with Crippen LogP contribution in [-0.4, -0.2) is 55.7 Å². The Morgan fingerprint density at radius 2 is 1.89 bits per heavy atom. The van der Waals surface area contributed by atoms with Crippen molar-refractivity contribution >= 4 is 29.2 Å². The van der Waals surface area contributed by atoms with E-state index in [0.717, 1.165) is 38.5 Å². The Hall–Kier alpha value is -1.69. The fourth-order valence-corrected chi connectivity index (χ4v) is 3.69. The van der Waals surface area contributed by atoms with Crippen LogP contribution in [0.1, 0.15) is 12.0 Å². The van der Waals surface area contributed by atoms with E-state index in [1.54, 1.807) is 7.11 Å². The average Bonchev–Trinajstić information content (AvgIpc) is 2.70. The molecule has 0 radical (unpaired) electrons. The van der Waals surface area contributed by atoms with E-state index in [1.165, 1.54) is 5.56 Å². The van der Waals surface area contributed by atoms with Crippen molar-refractivity contribution in [1.29, 1.82) is 0 Å². The molecule has 27 heavy (non-hydrogen) atoms. The Kier molecular flexibility index (Phi) is 7.05. The van der Waals surface area contributed by atoms with E-state index >= 15 is 0 Å². The third-order valence-corrected chi connectivity index (χ3v) is 5.76. The van der Waals surface area contributed by atoms with Gasteiger partial charge in [-0.05, 0) is 36.1 Å². The molecule has 1 unspecified atom stereocenters. The SMILES string of the molecule is COc1ccc(CN2CCN(C(=O)NCC3C=CC(Cl)=C(Cl)C3)CC2)cc1. The number of ether oxygens (including phenoxy) is 1. The standard InChI is InChI=1S/C20H25Cl2N3O2/c1-27-17-5-2-15(3-6-17)14-24-8-10-25(11-9-24)20(26)23-13-16-4-7-18(21)19(22)12-16/h2-7,16H,8-14H2,1H3,(H,23,26). The zero-order valence-corrected chi connectivity index (χ0v) is 17.0. The molecule has 1 atom stereocenters. The molecule has 7 heteroatoms. The maximum atomic E-state index is 12.4. The molecule has 1 saturated heterocycles. The fourth-order valence-electron chi connectivity index (χ4n) is 3.28. The van der Waals surface area contributed by atoms with Crippen LogP contribution >= 0.6 is 23.2 Å². The Morgan fingerprint density at radius 3 is 2.52 bits per heavy atom. The third kappa shape index (κ3) is 5.64. The highest BCUT2D eigenvalue weighted by molar-refractivity contribution is 6.40. The van der Waals surface area contributed by atoms with Crippen LogP contribution in [-0.2, 0) is 6.54 Å². The molecular formula is C20H25Cl2N3O2. The lowest BCUT2D eigenvalue weighted by Crippen LogP contribution is -2.52. The van der Waals surface area contributed by atoms with Crippen LogP contribution in [0.5, 0.6) is 5.75 Å². The highest BCUT2D eigenvalue weighted by atomic mass is 35.5. The molecule has 2 aliphatic rings. The van der Waals surface area contributed by atoms with Gasteiger partial charge in [-0.15, -0.1) is 0 Å². The minimum Gasteiger partial charge on any atom is -0.497 e. The van der Waals surface area contributed by atoms with Gasteiger partial charge in [-0.3, -0.25) is 4.90 Å². The second-order valence-electron chi connectivity index (χ2n) is 6.87. The minimum absolute atomic E-state index is 0.00994. The highest BCUT2D eigenvalue weighted by Crippen LogP contribution is 2.28. The molecule has 0 spiro atoms. The molecule has 1 aliphatic carbocycles. The van der Waals surface area contributed by atoms with E-state index in [0.29, 0.717) is 23.0 Å². The third-order valence-electron chi connectivity index (χ3n) is 4.96. The topological polar surface area (TPSA) is 44.8 Å². The summed E-state index contributed by atoms with van der Waals surface area (Å²) in [6, 6.07) is 8.12. The van der Waals surface area contributed by atoms with Crippen LogP contribution in [0.3, 0.4) is 0 Å². The van der Waals surface area contributed by atoms with Crippen LogP contribution in [0.2, 0.25) is 0 Å². The van der Waals surface area contributed by atoms with Crippen molar-refractivity contribution in [1.82, 2.24) is 15.1 Å². The number of allylic oxidation sites excluding steroid dienone is 3. The first kappa shape index (κ1) is 20.1. The summed E-state index contributed by atoms with van der Waals surface area (Å²) in [5.74, 6) is 1.06. The monoisotopic (exact) mass is 409 g/mol. The lowest BCUT2D eigenvalue weighted by atomic mass is 10.0. The number of nitrogens with one attached hydrogen (secondary N) is 1. The van der Waals surface area contributed by atoms with E-state index < -0.39 is 0 Å². The Bertz CT molecular complexity index is 710. The largest absolute Gasteiger partial charge is 0.497 e. The van der Waals surface area contributed by atoms with Gasteiger partial charge in [0.15, 0.2) is 0 Å². The Balaban J connectivity index is 1.39. The normalized spacial score (nSPS) is 20.7. The molecule has 0 saturated carbocycles. The average molecular weight is 410 g/mol. The first-order valence-corrected chi connectivity index (χ1v) is 9.91. The van der Waals surface area contributed by atoms with Crippen molar-refractivity contribution in [3.05, 3.63) is 52.0 Å². The predicted octanol–water partition coefficient (Wildman–Crippen LogP) is 3.79. The molecule has 1 heterocycles. The quantitative estimate of drug-likeness (QED) is 0.804. The minimum atomic E-state index is -0.00994. The number of piperazine rings is 1. The van der Waals surface area contributed by atoms with Gasteiger partial charge in [-0.1, -0.05) is 41.4 Å². The summed E-state index contributed by atoms with van der Waals surface area (Å²) in [5.41, 5.74) is 1.25. The number of rotatable bonds is 5. The summed E-state index contributed by atoms with van der Waals surface area (Å²) in [6.45, 7) is 4.66. The predicted molar refractivity (Wildman–Crippen MR) is 109 cm³/mol. The van der Waals surface area contributed by atoms with Crippen molar-refractivity contribution in [2.45, 2.75) is 13.0 Å². The summed E-state index contributed by atoms with van der Waals surface area (Å²) in [7, 11) is 1.67. The number of carbonyl (C=O) groups excluding carboxylic acids is 1. The molecule has 3 rings (SSSR count). The zero-order valence-electron chi connectivity index (χ0n) is 15.5. The lowest BCUT2D eigenvalue weighted by Gasteiger charge is -2.35. The van der Waals surface area contributed by atoms with Crippen molar-refractivity contribution in [2.75, 3.05) is 39.8 Å². The second kappa shape index (κ2) is 9.49. The van der Waals surface area contributed by atoms with Crippen molar-refractivity contribution in [3.63, 3.8) is 0 Å². The Morgan fingerprint density at radius 1 is 1.19 bits per heavy atom. The van der Waals surface area contributed by atoms with Gasteiger partial charge in [0.05, 0.1) is 12.1 Å². The van der Waals surface area contributed by atoms with Crippen LogP contribution in [0.15, 0.2) is 46.5 Å². The summed E-state index contributed by atoms with van der Waals surface area (Å²) >= 11 is 12.0. The maximum absolute atomic E-state index is 12.4. The maximum Gasteiger partial charge on any atom is 0.317 e. The van der Waals surface area contributed by atoms with Gasteiger partial charge in [0.1, 0.15) is 5.75 Å². The number of benzene rings is 1. The van der Waals surface area contributed by atoms with Crippen LogP contribution < -0.4 is 10.1 Å². The number of hydrogen-bond acceptors (Lipinski definition) is 3. The van der Waals surface area contributed by atoms with Crippen LogP contribution in [0, 0.1) is 5.92 Å². The van der Waals surface area contributed by atoms with E-state index in [-0.39, 0.29) is 11.9 Å². The number of urea groups is 1. The van der Waals surface area contributed by atoms with Crippen LogP contribution in [0.4, 0.5) is 4.79 Å². The first-order valence-electron chi connectivity index (χ1n) is 9.15. The van der Waals surface area contributed by atoms with E-state index in [9.17, 15) is 4.79 Å². The van der Waals surface area contributed by atoms with E-state index in [2.05, 4.69) is 22.3 Å². The van der Waals surface area contributed by atoms with E-state index in [4.69, 9.17) is 27.9 Å². The summed E-state index contributed by atoms with van der Waals surface area (Å²) in [4.78, 5) is 16.6. The summed E-state index contributed by atoms with van der Waals surface area (Å²) < 4.78 is 5.19. The molecule has 0 aromatic heterocycles. The molecule has 1 aromatic rings. The van der Waals surface area contributed by atoms with Gasteiger partial charge in [0.25, 0.3) is 0 Å². The summed E-state index contributed by atoms with van der Waals surface area (Å²) in [5, 5.41) is 4.26. The molecule has 1 N–H and O–H groups in total. The fraction of sp³-hybridized carbons (Fsp3) is 0.450. The summed E-state index contributed by atoms with van der Waals surface area (Å²) in [6.07, 6.45) is 4.48. The van der Waals surface area contributed by atoms with Crippen molar-refractivity contribution < 1.29 is 9.53 Å². The zero-order chi connectivity index (χ0) is 19.2. The molecular weight excluding hydrogens is 385 g/mol. The highest BCUT2D eigenvalue weighted by Gasteiger charge is 2.22. The van der Waals surface area contributed by atoms with Crippen molar-refractivity contribution in [3.8, 4) is 5.75 Å². The molecule has 1 aliphatic heterocycles. The first-order chi connectivity index (χ1) is 13.0. The number of methoxy groups -OCH3 is 1. The van der Waals surface area contributed by atoms with E-state index in [1.807, 2.05) is 29.2 Å². The smallest absolute Gasteiger partial charge is 0.317 e. The number of carbonyl (C=O) groups is 1. The number of halogens is 2. The van der Waals surface area contributed by atoms with Gasteiger partial charge in [-0.25, -0.2) is 4.79 Å². The van der Waals surface area contributed by atoms with Crippen LogP contribution in [0.25, 0.3) is 0 Å².